The van der Waals surface area contributed by atoms with Crippen LogP contribution < -0.4 is 0 Å². The number of aliphatic hydroxyl groups is 3. The fourth-order valence-corrected chi connectivity index (χ4v) is 6.09. The van der Waals surface area contributed by atoms with E-state index in [2.05, 4.69) is 16.8 Å². The molecule has 0 bridgehead atoms. The summed E-state index contributed by atoms with van der Waals surface area (Å²) in [6.07, 6.45) is -4.61. The van der Waals surface area contributed by atoms with E-state index >= 15 is 0 Å². The van der Waals surface area contributed by atoms with Gasteiger partial charge < -0.3 is 40.0 Å². The molecule has 0 spiro atoms. The Hall–Kier alpha value is -2.21. The number of carbonyl (C=O) groups is 1. The Morgan fingerprint density at radius 3 is 2.76 bits per heavy atom. The molecule has 186 valence electrons. The molecule has 7 atom stereocenters. The summed E-state index contributed by atoms with van der Waals surface area (Å²) in [7, 11) is 0. The third-order valence-electron chi connectivity index (χ3n) is 7.96. The van der Waals surface area contributed by atoms with E-state index in [-0.39, 0.29) is 23.8 Å². The Morgan fingerprint density at radius 1 is 1.24 bits per heavy atom. The van der Waals surface area contributed by atoms with Crippen molar-refractivity contribution in [3.8, 4) is 5.75 Å². The number of carboxylic acid groups (broad SMARTS) is 1. The molecule has 34 heavy (non-hydrogen) atoms. The second-order valence-corrected chi connectivity index (χ2v) is 9.80. The number of piperidine rings is 1. The van der Waals surface area contributed by atoms with E-state index in [1.807, 2.05) is 6.07 Å². The van der Waals surface area contributed by atoms with Crippen molar-refractivity contribution in [1.29, 1.82) is 0 Å². The van der Waals surface area contributed by atoms with Crippen molar-refractivity contribution >= 4 is 16.9 Å². The largest absolute Gasteiger partial charge is 0.508 e. The molecule has 1 aromatic carbocycles. The van der Waals surface area contributed by atoms with Crippen LogP contribution in [0, 0.1) is 5.41 Å². The molecule has 6 N–H and O–H groups in total. The molecule has 2 saturated heterocycles. The molecule has 10 nitrogen and oxygen atoms in total. The zero-order chi connectivity index (χ0) is 24.2. The molecule has 3 aliphatic heterocycles. The van der Waals surface area contributed by atoms with Gasteiger partial charge in [0.2, 0.25) is 0 Å². The van der Waals surface area contributed by atoms with Crippen molar-refractivity contribution < 1.29 is 39.8 Å². The lowest BCUT2D eigenvalue weighted by Crippen LogP contribution is -2.61. The highest BCUT2D eigenvalue weighted by Crippen LogP contribution is 2.52. The summed E-state index contributed by atoms with van der Waals surface area (Å²) in [6.45, 7) is 4.09. The van der Waals surface area contributed by atoms with Gasteiger partial charge in [-0.2, -0.15) is 0 Å². The van der Waals surface area contributed by atoms with Gasteiger partial charge in [-0.1, -0.05) is 6.92 Å². The molecular formula is C24H32N2O8. The Labute approximate surface area is 196 Å². The van der Waals surface area contributed by atoms with Crippen LogP contribution in [0.25, 0.3) is 10.9 Å². The molecule has 0 saturated carbocycles. The number of nitrogens with one attached hydrogen (secondary N) is 1. The number of aromatic amines is 1. The number of aliphatic carboxylic acids is 1. The van der Waals surface area contributed by atoms with Crippen molar-refractivity contribution in [2.45, 2.75) is 69.4 Å². The molecular weight excluding hydrogens is 444 g/mol. The Balaban J connectivity index is 1.45. The first-order valence-electron chi connectivity index (χ1n) is 11.9. The average Bonchev–Trinajstić information content (AvgIpc) is 3.19. The maximum atomic E-state index is 11.5. The summed E-state index contributed by atoms with van der Waals surface area (Å²) in [5.74, 6) is -1.21. The summed E-state index contributed by atoms with van der Waals surface area (Å²) in [4.78, 5) is 17.5. The zero-order valence-corrected chi connectivity index (χ0v) is 19.1. The molecule has 0 radical (unpaired) electrons. The van der Waals surface area contributed by atoms with Gasteiger partial charge in [-0.25, -0.2) is 4.79 Å². The van der Waals surface area contributed by atoms with Gasteiger partial charge in [0.15, 0.2) is 12.4 Å². The fraction of sp³-hybridized carbons (Fsp3) is 0.625. The lowest BCUT2D eigenvalue weighted by atomic mass is 9.68. The van der Waals surface area contributed by atoms with Crippen molar-refractivity contribution in [3.63, 3.8) is 0 Å². The number of aromatic hydroxyl groups is 1. The number of fused-ring (bicyclic) bond motifs is 5. The van der Waals surface area contributed by atoms with Crippen molar-refractivity contribution in [2.75, 3.05) is 19.7 Å². The van der Waals surface area contributed by atoms with Gasteiger partial charge in [-0.05, 0) is 56.0 Å². The Kier molecular flexibility index (Phi) is 6.07. The number of hydrogen-bond donors (Lipinski definition) is 6. The van der Waals surface area contributed by atoms with Gasteiger partial charge >= 0.3 is 5.97 Å². The number of rotatable bonds is 5. The fourth-order valence-electron chi connectivity index (χ4n) is 6.09. The van der Waals surface area contributed by atoms with E-state index in [0.717, 1.165) is 55.4 Å². The van der Waals surface area contributed by atoms with Gasteiger partial charge in [0.1, 0.15) is 24.1 Å². The lowest BCUT2D eigenvalue weighted by molar-refractivity contribution is -0.302. The van der Waals surface area contributed by atoms with Gasteiger partial charge in [0.05, 0.1) is 12.6 Å². The minimum Gasteiger partial charge on any atom is -0.508 e. The number of H-pyrrole nitrogens is 1. The van der Waals surface area contributed by atoms with Gasteiger partial charge in [-0.15, -0.1) is 0 Å². The van der Waals surface area contributed by atoms with E-state index in [1.54, 1.807) is 12.1 Å². The third-order valence-corrected chi connectivity index (χ3v) is 7.96. The number of ether oxygens (including phenoxy) is 2. The SMILES string of the molecule is CCC1(COC2O[C@@H](C(=O)O)[C@@H](O)[C@@H](O)[C@@H]2O)CCCN2CCc3c([nH]c4ccc(O)cc34)C21. The lowest BCUT2D eigenvalue weighted by Gasteiger charge is -2.52. The first-order valence-corrected chi connectivity index (χ1v) is 11.9. The molecule has 5 rings (SSSR count). The molecule has 4 heterocycles. The van der Waals surface area contributed by atoms with Gasteiger partial charge in [0, 0.05) is 28.6 Å². The second-order valence-electron chi connectivity index (χ2n) is 9.80. The first-order chi connectivity index (χ1) is 16.3. The molecule has 2 aromatic rings. The minimum absolute atomic E-state index is 0.0102. The summed E-state index contributed by atoms with van der Waals surface area (Å²) >= 11 is 0. The van der Waals surface area contributed by atoms with Crippen LogP contribution in [0.1, 0.15) is 43.5 Å². The number of hydrogen-bond acceptors (Lipinski definition) is 8. The number of phenolic OH excluding ortho intramolecular Hbond substituents is 1. The number of nitrogens with zero attached hydrogens (tertiary/aromatic N) is 1. The van der Waals surface area contributed by atoms with Crippen LogP contribution in [0.2, 0.25) is 0 Å². The van der Waals surface area contributed by atoms with E-state index in [0.29, 0.717) is 0 Å². The van der Waals surface area contributed by atoms with E-state index in [1.165, 1.54) is 5.56 Å². The van der Waals surface area contributed by atoms with Crippen LogP contribution in [0.3, 0.4) is 0 Å². The first kappa shape index (κ1) is 23.5. The molecule has 2 fully saturated rings. The number of phenols is 1. The minimum atomic E-state index is -1.75. The van der Waals surface area contributed by atoms with E-state index < -0.39 is 36.7 Å². The van der Waals surface area contributed by atoms with E-state index in [9.17, 15) is 30.3 Å². The van der Waals surface area contributed by atoms with Crippen LogP contribution in [-0.4, -0.2) is 91.8 Å². The zero-order valence-electron chi connectivity index (χ0n) is 19.1. The molecule has 1 aromatic heterocycles. The van der Waals surface area contributed by atoms with Crippen molar-refractivity contribution in [1.82, 2.24) is 9.88 Å². The van der Waals surface area contributed by atoms with Gasteiger partial charge in [-0.3, -0.25) is 4.90 Å². The highest BCUT2D eigenvalue weighted by atomic mass is 16.7. The Bertz CT molecular complexity index is 1070. The summed E-state index contributed by atoms with van der Waals surface area (Å²) in [5.41, 5.74) is 2.90. The second kappa shape index (κ2) is 8.78. The molecule has 3 aliphatic rings. The Morgan fingerprint density at radius 2 is 2.03 bits per heavy atom. The highest BCUT2D eigenvalue weighted by Gasteiger charge is 2.51. The smallest absolute Gasteiger partial charge is 0.335 e. The maximum Gasteiger partial charge on any atom is 0.335 e. The molecule has 0 aliphatic carbocycles. The van der Waals surface area contributed by atoms with Crippen LogP contribution in [0.15, 0.2) is 18.2 Å². The predicted octanol–water partition coefficient (Wildman–Crippen LogP) is 0.872. The highest BCUT2D eigenvalue weighted by molar-refractivity contribution is 5.86. The third kappa shape index (κ3) is 3.69. The standard InChI is InChI=1S/C24H32N2O8/c1-2-24(11-33-23-19(30)17(28)18(29)20(34-23)22(31)32)7-3-8-26-9-6-13-14-10-12(27)4-5-15(14)25-16(13)21(24)26/h4-5,10,17-21,23,25,27-30H,2-3,6-9,11H2,1H3,(H,31,32)/t17-,18+,19+,20-,21?,23?,24?/m1/s1. The van der Waals surface area contributed by atoms with E-state index in [4.69, 9.17) is 9.47 Å². The molecule has 0 amide bonds. The summed E-state index contributed by atoms with van der Waals surface area (Å²) < 4.78 is 11.4. The van der Waals surface area contributed by atoms with Crippen LogP contribution in [-0.2, 0) is 20.7 Å². The van der Waals surface area contributed by atoms with Crippen LogP contribution >= 0.6 is 0 Å². The normalized spacial score (nSPS) is 36.2. The number of benzene rings is 1. The van der Waals surface area contributed by atoms with Gasteiger partial charge in [0.25, 0.3) is 0 Å². The number of aromatic nitrogens is 1. The summed E-state index contributed by atoms with van der Waals surface area (Å²) in [6, 6.07) is 5.35. The average molecular weight is 477 g/mol. The summed E-state index contributed by atoms with van der Waals surface area (Å²) in [5, 5.41) is 50.9. The quantitative estimate of drug-likeness (QED) is 0.369. The molecule has 10 heteroatoms. The van der Waals surface area contributed by atoms with Crippen molar-refractivity contribution in [3.05, 3.63) is 29.5 Å². The van der Waals surface area contributed by atoms with Crippen molar-refractivity contribution in [2.24, 2.45) is 5.41 Å². The number of aliphatic hydroxyl groups excluding tert-OH is 3. The topological polar surface area (TPSA) is 156 Å². The van der Waals surface area contributed by atoms with Crippen LogP contribution in [0.5, 0.6) is 5.75 Å². The molecule has 3 unspecified atom stereocenters. The predicted molar refractivity (Wildman–Crippen MR) is 120 cm³/mol. The monoisotopic (exact) mass is 476 g/mol. The number of carboxylic acids is 1. The maximum absolute atomic E-state index is 11.5. The van der Waals surface area contributed by atoms with Crippen LogP contribution in [0.4, 0.5) is 0 Å².